The topological polar surface area (TPSA) is 78.1 Å². The molecule has 1 aromatic rings. The van der Waals surface area contributed by atoms with Crippen molar-refractivity contribution in [3.8, 4) is 0 Å². The maximum absolute atomic E-state index is 12.1. The standard InChI is InChI=1S/C6H5F2N.C4H12N2/c7-5-2-1-4(9)3-6(5)8;1-4(2,6)3-5/h1-3H,9H2;3,5-6H2,1-2H3. The molecule has 0 radical (unpaired) electrons. The van der Waals surface area contributed by atoms with E-state index in [0.717, 1.165) is 12.1 Å². The third kappa shape index (κ3) is 6.82. The lowest BCUT2D eigenvalue weighted by atomic mass is 10.1. The van der Waals surface area contributed by atoms with Crippen molar-refractivity contribution in [2.75, 3.05) is 12.3 Å². The minimum absolute atomic E-state index is 0.181. The first-order valence-electron chi connectivity index (χ1n) is 4.46. The van der Waals surface area contributed by atoms with Crippen molar-refractivity contribution in [1.82, 2.24) is 0 Å². The molecule has 0 saturated carbocycles. The smallest absolute Gasteiger partial charge is 0.160 e. The summed E-state index contributed by atoms with van der Waals surface area (Å²) in [4.78, 5) is 0. The Labute approximate surface area is 88.2 Å². The van der Waals surface area contributed by atoms with E-state index in [1.54, 1.807) is 0 Å². The summed E-state index contributed by atoms with van der Waals surface area (Å²) in [7, 11) is 0. The van der Waals surface area contributed by atoms with E-state index in [9.17, 15) is 8.78 Å². The maximum atomic E-state index is 12.1. The van der Waals surface area contributed by atoms with Crippen LogP contribution in [-0.4, -0.2) is 12.1 Å². The highest BCUT2D eigenvalue weighted by Crippen LogP contribution is 2.08. The number of anilines is 1. The molecule has 0 bridgehead atoms. The normalized spacial score (nSPS) is 10.5. The molecule has 0 amide bonds. The Morgan fingerprint density at radius 2 is 1.67 bits per heavy atom. The van der Waals surface area contributed by atoms with Crippen LogP contribution in [0, 0.1) is 11.6 Å². The summed E-state index contributed by atoms with van der Waals surface area (Å²) in [6.45, 7) is 4.34. The van der Waals surface area contributed by atoms with E-state index < -0.39 is 11.6 Å². The molecule has 0 spiro atoms. The Morgan fingerprint density at radius 1 is 1.20 bits per heavy atom. The fraction of sp³-hybridized carbons (Fsp3) is 0.400. The molecule has 6 N–H and O–H groups in total. The molecule has 3 nitrogen and oxygen atoms in total. The van der Waals surface area contributed by atoms with Gasteiger partial charge in [-0.25, -0.2) is 8.78 Å². The molecule has 1 aromatic carbocycles. The van der Waals surface area contributed by atoms with Gasteiger partial charge in [-0.2, -0.15) is 0 Å². The third-order valence-corrected chi connectivity index (χ3v) is 1.47. The van der Waals surface area contributed by atoms with Gasteiger partial charge in [0.25, 0.3) is 0 Å². The maximum Gasteiger partial charge on any atom is 0.160 e. The van der Waals surface area contributed by atoms with Crippen LogP contribution < -0.4 is 17.2 Å². The fourth-order valence-electron chi connectivity index (χ4n) is 0.512. The van der Waals surface area contributed by atoms with Gasteiger partial charge in [-0.05, 0) is 32.0 Å². The monoisotopic (exact) mass is 217 g/mol. The third-order valence-electron chi connectivity index (χ3n) is 1.47. The molecule has 0 aromatic heterocycles. The van der Waals surface area contributed by atoms with Gasteiger partial charge in [0, 0.05) is 17.8 Å². The zero-order valence-corrected chi connectivity index (χ0v) is 8.93. The zero-order chi connectivity index (χ0) is 12.1. The van der Waals surface area contributed by atoms with E-state index in [2.05, 4.69) is 0 Å². The van der Waals surface area contributed by atoms with Gasteiger partial charge in [0.05, 0.1) is 0 Å². The van der Waals surface area contributed by atoms with Crippen LogP contribution in [0.5, 0.6) is 0 Å². The van der Waals surface area contributed by atoms with Gasteiger partial charge in [0.1, 0.15) is 0 Å². The van der Waals surface area contributed by atoms with Crippen molar-refractivity contribution in [2.24, 2.45) is 11.5 Å². The second-order valence-electron chi connectivity index (χ2n) is 3.87. The molecule has 0 atom stereocenters. The van der Waals surface area contributed by atoms with E-state index in [4.69, 9.17) is 17.2 Å². The van der Waals surface area contributed by atoms with Crippen molar-refractivity contribution in [2.45, 2.75) is 19.4 Å². The number of nitrogens with two attached hydrogens (primary N) is 3. The second-order valence-corrected chi connectivity index (χ2v) is 3.87. The quantitative estimate of drug-likeness (QED) is 0.619. The number of nitrogen functional groups attached to an aromatic ring is 1. The molecule has 15 heavy (non-hydrogen) atoms. The van der Waals surface area contributed by atoms with Crippen molar-refractivity contribution in [3.63, 3.8) is 0 Å². The first-order valence-corrected chi connectivity index (χ1v) is 4.46. The van der Waals surface area contributed by atoms with Crippen LogP contribution in [0.15, 0.2) is 18.2 Å². The molecule has 0 heterocycles. The highest BCUT2D eigenvalue weighted by Gasteiger charge is 2.04. The van der Waals surface area contributed by atoms with Crippen LogP contribution in [0.3, 0.4) is 0 Å². The number of rotatable bonds is 1. The second kappa shape index (κ2) is 5.63. The van der Waals surface area contributed by atoms with E-state index >= 15 is 0 Å². The van der Waals surface area contributed by atoms with Crippen LogP contribution in [0.4, 0.5) is 14.5 Å². The van der Waals surface area contributed by atoms with Gasteiger partial charge in [-0.3, -0.25) is 0 Å². The zero-order valence-electron chi connectivity index (χ0n) is 8.93. The summed E-state index contributed by atoms with van der Waals surface area (Å²) in [6, 6.07) is 3.23. The van der Waals surface area contributed by atoms with Crippen LogP contribution >= 0.6 is 0 Å². The van der Waals surface area contributed by atoms with E-state index in [1.165, 1.54) is 6.07 Å². The summed E-state index contributed by atoms with van der Waals surface area (Å²) in [5, 5.41) is 0. The highest BCUT2D eigenvalue weighted by molar-refractivity contribution is 5.37. The number of hydrogen-bond donors (Lipinski definition) is 3. The summed E-state index contributed by atoms with van der Waals surface area (Å²) < 4.78 is 24.2. The molecule has 0 fully saturated rings. The number of halogens is 2. The minimum atomic E-state index is -0.907. The molecule has 0 saturated heterocycles. The van der Waals surface area contributed by atoms with Crippen LogP contribution in [-0.2, 0) is 0 Å². The summed E-state index contributed by atoms with van der Waals surface area (Å²) in [5.74, 6) is -1.78. The predicted octanol–water partition coefficient (Wildman–Crippen LogP) is 1.23. The summed E-state index contributed by atoms with van der Waals surface area (Å²) in [5.41, 5.74) is 15.8. The van der Waals surface area contributed by atoms with Crippen molar-refractivity contribution < 1.29 is 8.78 Å². The van der Waals surface area contributed by atoms with Crippen molar-refractivity contribution in [1.29, 1.82) is 0 Å². The summed E-state index contributed by atoms with van der Waals surface area (Å²) >= 11 is 0. The molecular formula is C10H17F2N3. The molecule has 0 aliphatic carbocycles. The van der Waals surface area contributed by atoms with Crippen LogP contribution in [0.1, 0.15) is 13.8 Å². The predicted molar refractivity (Wildman–Crippen MR) is 58.1 cm³/mol. The van der Waals surface area contributed by atoms with E-state index in [-0.39, 0.29) is 11.2 Å². The largest absolute Gasteiger partial charge is 0.399 e. The lowest BCUT2D eigenvalue weighted by Crippen LogP contribution is -2.40. The van der Waals surface area contributed by atoms with Gasteiger partial charge >= 0.3 is 0 Å². The molecule has 5 heteroatoms. The summed E-state index contributed by atoms with van der Waals surface area (Å²) in [6.07, 6.45) is 0. The average molecular weight is 217 g/mol. The molecule has 0 aliphatic rings. The SMILES string of the molecule is CC(C)(N)CN.Nc1ccc(F)c(F)c1. The van der Waals surface area contributed by atoms with Crippen LogP contribution in [0.25, 0.3) is 0 Å². The Kier molecular flexibility index (Phi) is 5.18. The molecular weight excluding hydrogens is 200 g/mol. The lowest BCUT2D eigenvalue weighted by Gasteiger charge is -2.13. The molecule has 0 aliphatic heterocycles. The van der Waals surface area contributed by atoms with Gasteiger partial charge in [0.15, 0.2) is 11.6 Å². The van der Waals surface area contributed by atoms with Gasteiger partial charge < -0.3 is 17.2 Å². The average Bonchev–Trinajstić information content (AvgIpc) is 2.12. The van der Waals surface area contributed by atoms with E-state index in [1.807, 2.05) is 13.8 Å². The Bertz CT molecular complexity index is 308. The van der Waals surface area contributed by atoms with E-state index in [0.29, 0.717) is 6.54 Å². The lowest BCUT2D eigenvalue weighted by molar-refractivity contribution is 0.509. The van der Waals surface area contributed by atoms with Gasteiger partial charge in [-0.1, -0.05) is 0 Å². The first-order chi connectivity index (χ1) is 6.76. The number of hydrogen-bond acceptors (Lipinski definition) is 3. The van der Waals surface area contributed by atoms with Gasteiger partial charge in [-0.15, -0.1) is 0 Å². The minimum Gasteiger partial charge on any atom is -0.399 e. The Balaban J connectivity index is 0.000000288. The van der Waals surface area contributed by atoms with Crippen molar-refractivity contribution in [3.05, 3.63) is 29.8 Å². The Hall–Kier alpha value is -1.20. The van der Waals surface area contributed by atoms with Crippen molar-refractivity contribution >= 4 is 5.69 Å². The highest BCUT2D eigenvalue weighted by atomic mass is 19.2. The molecule has 86 valence electrons. The fourth-order valence-corrected chi connectivity index (χ4v) is 0.512. The molecule has 0 unspecified atom stereocenters. The number of benzene rings is 1. The van der Waals surface area contributed by atoms with Gasteiger partial charge in [0.2, 0.25) is 0 Å². The van der Waals surface area contributed by atoms with Crippen LogP contribution in [0.2, 0.25) is 0 Å². The molecule has 1 rings (SSSR count). The first kappa shape index (κ1) is 13.8. The Morgan fingerprint density at radius 3 is 1.93 bits per heavy atom.